The second-order valence-corrected chi connectivity index (χ2v) is 7.87. The molecule has 0 saturated heterocycles. The summed E-state index contributed by atoms with van der Waals surface area (Å²) in [7, 11) is 0. The van der Waals surface area contributed by atoms with Crippen LogP contribution < -0.4 is 0 Å². The molecule has 150 valence electrons. The van der Waals surface area contributed by atoms with E-state index < -0.39 is 0 Å². The Morgan fingerprint density at radius 2 is 1.21 bits per heavy atom. The van der Waals surface area contributed by atoms with Gasteiger partial charge in [0, 0.05) is 19.5 Å². The van der Waals surface area contributed by atoms with E-state index >= 15 is 0 Å². The molecule has 0 aliphatic rings. The first kappa shape index (κ1) is 21.0. The molecule has 0 spiro atoms. The van der Waals surface area contributed by atoms with Crippen LogP contribution in [0.3, 0.4) is 0 Å². The van der Waals surface area contributed by atoms with E-state index in [9.17, 15) is 4.79 Å². The van der Waals surface area contributed by atoms with Crippen molar-refractivity contribution < 1.29 is 4.79 Å². The summed E-state index contributed by atoms with van der Waals surface area (Å²) in [5.74, 6) is 0.696. The zero-order valence-electron chi connectivity index (χ0n) is 17.5. The Bertz CT molecular complexity index is 819. The highest BCUT2D eigenvalue weighted by Gasteiger charge is 2.28. The van der Waals surface area contributed by atoms with Gasteiger partial charge in [-0.15, -0.1) is 0 Å². The zero-order chi connectivity index (χ0) is 20.5. The average Bonchev–Trinajstić information content (AvgIpc) is 2.76. The fraction of sp³-hybridized carbons (Fsp3) is 0.296. The van der Waals surface area contributed by atoms with Crippen molar-refractivity contribution in [2.24, 2.45) is 5.92 Å². The molecule has 0 amide bonds. The fourth-order valence-electron chi connectivity index (χ4n) is 3.71. The Hall–Kier alpha value is -2.71. The maximum atomic E-state index is 13.5. The number of hydrogen-bond acceptors (Lipinski definition) is 2. The van der Waals surface area contributed by atoms with E-state index in [-0.39, 0.29) is 6.04 Å². The van der Waals surface area contributed by atoms with Gasteiger partial charge in [-0.05, 0) is 22.6 Å². The monoisotopic (exact) mass is 385 g/mol. The molecule has 0 saturated carbocycles. The van der Waals surface area contributed by atoms with Crippen LogP contribution in [-0.2, 0) is 17.9 Å². The topological polar surface area (TPSA) is 20.3 Å². The molecular weight excluding hydrogens is 354 g/mol. The Kier molecular flexibility index (Phi) is 7.77. The number of carbonyl (C=O) groups is 1. The van der Waals surface area contributed by atoms with Crippen molar-refractivity contribution in [3.63, 3.8) is 0 Å². The van der Waals surface area contributed by atoms with Gasteiger partial charge in [0.2, 0.25) is 0 Å². The Morgan fingerprint density at radius 3 is 1.66 bits per heavy atom. The van der Waals surface area contributed by atoms with Gasteiger partial charge in [0.25, 0.3) is 0 Å². The summed E-state index contributed by atoms with van der Waals surface area (Å²) < 4.78 is 0. The molecule has 2 nitrogen and oxygen atoms in total. The third-order valence-electron chi connectivity index (χ3n) is 5.49. The number of carbonyl (C=O) groups excluding carboxylic acids is 1. The quantitative estimate of drug-likeness (QED) is 0.400. The predicted octanol–water partition coefficient (Wildman–Crippen LogP) is 6.44. The number of benzene rings is 3. The van der Waals surface area contributed by atoms with Crippen molar-refractivity contribution in [2.45, 2.75) is 45.8 Å². The molecule has 2 heteroatoms. The number of Topliss-reactive ketones (excluding diaryl/α,β-unsaturated/α-hetero) is 1. The molecule has 0 fully saturated rings. The van der Waals surface area contributed by atoms with Gasteiger partial charge in [0.05, 0.1) is 6.04 Å². The highest BCUT2D eigenvalue weighted by atomic mass is 16.1. The normalized spacial score (nSPS) is 13.2. The van der Waals surface area contributed by atoms with Crippen LogP contribution in [0.25, 0.3) is 0 Å². The molecule has 3 aromatic carbocycles. The number of rotatable bonds is 10. The van der Waals surface area contributed by atoms with Crippen LogP contribution in [0.4, 0.5) is 0 Å². The van der Waals surface area contributed by atoms with E-state index in [1.54, 1.807) is 0 Å². The Balaban J connectivity index is 1.97. The predicted molar refractivity (Wildman–Crippen MR) is 120 cm³/mol. The van der Waals surface area contributed by atoms with E-state index in [4.69, 9.17) is 0 Å². The zero-order valence-corrected chi connectivity index (χ0v) is 17.5. The maximum absolute atomic E-state index is 13.5. The number of ketones is 1. The van der Waals surface area contributed by atoms with E-state index in [1.165, 1.54) is 11.1 Å². The molecule has 3 aromatic rings. The van der Waals surface area contributed by atoms with Gasteiger partial charge >= 0.3 is 0 Å². The second-order valence-electron chi connectivity index (χ2n) is 7.87. The van der Waals surface area contributed by atoms with Gasteiger partial charge in [-0.25, -0.2) is 0 Å². The van der Waals surface area contributed by atoms with Crippen LogP contribution in [0.1, 0.15) is 49.4 Å². The lowest BCUT2D eigenvalue weighted by atomic mass is 9.92. The van der Waals surface area contributed by atoms with Crippen LogP contribution in [-0.4, -0.2) is 10.7 Å². The fourth-order valence-corrected chi connectivity index (χ4v) is 3.71. The van der Waals surface area contributed by atoms with Gasteiger partial charge < -0.3 is 0 Å². The molecule has 0 bridgehead atoms. The molecule has 3 rings (SSSR count). The van der Waals surface area contributed by atoms with Crippen molar-refractivity contribution in [1.29, 1.82) is 0 Å². The summed E-state index contributed by atoms with van der Waals surface area (Å²) in [6.45, 7) is 5.79. The number of hydrogen-bond donors (Lipinski definition) is 0. The lowest BCUT2D eigenvalue weighted by molar-refractivity contribution is -0.126. The lowest BCUT2D eigenvalue weighted by Gasteiger charge is -2.32. The van der Waals surface area contributed by atoms with Crippen LogP contribution in [0.2, 0.25) is 0 Å². The van der Waals surface area contributed by atoms with E-state index in [2.05, 4.69) is 79.4 Å². The van der Waals surface area contributed by atoms with Gasteiger partial charge in [0.15, 0.2) is 5.78 Å². The summed E-state index contributed by atoms with van der Waals surface area (Å²) in [5, 5.41) is 0. The lowest BCUT2D eigenvalue weighted by Crippen LogP contribution is -2.34. The van der Waals surface area contributed by atoms with Crippen LogP contribution in [0.5, 0.6) is 0 Å². The van der Waals surface area contributed by atoms with Crippen molar-refractivity contribution in [3.05, 3.63) is 108 Å². The molecule has 0 aliphatic heterocycles. The van der Waals surface area contributed by atoms with Crippen molar-refractivity contribution in [2.75, 3.05) is 0 Å². The Labute approximate surface area is 175 Å². The molecule has 0 heterocycles. The summed E-state index contributed by atoms with van der Waals surface area (Å²) in [6, 6.07) is 30.9. The molecule has 0 aliphatic carbocycles. The molecule has 2 atom stereocenters. The average molecular weight is 386 g/mol. The second kappa shape index (κ2) is 10.7. The minimum atomic E-state index is -0.245. The summed E-state index contributed by atoms with van der Waals surface area (Å²) in [4.78, 5) is 15.8. The van der Waals surface area contributed by atoms with Gasteiger partial charge in [-0.1, -0.05) is 111 Å². The smallest absolute Gasteiger partial charge is 0.154 e. The minimum absolute atomic E-state index is 0.245. The van der Waals surface area contributed by atoms with Crippen molar-refractivity contribution in [3.8, 4) is 0 Å². The van der Waals surface area contributed by atoms with Gasteiger partial charge in [0.1, 0.15) is 0 Å². The van der Waals surface area contributed by atoms with Gasteiger partial charge in [-0.2, -0.15) is 0 Å². The largest absolute Gasteiger partial charge is 0.298 e. The summed E-state index contributed by atoms with van der Waals surface area (Å²) in [5.41, 5.74) is 3.52. The molecule has 0 radical (unpaired) electrons. The third kappa shape index (κ3) is 6.13. The SMILES string of the molecule is CCC(C)CC(=O)C(c1ccccc1)N(Cc1ccccc1)Cc1ccccc1. The third-order valence-corrected chi connectivity index (χ3v) is 5.49. The summed E-state index contributed by atoms with van der Waals surface area (Å²) >= 11 is 0. The molecule has 0 N–H and O–H groups in total. The highest BCUT2D eigenvalue weighted by Crippen LogP contribution is 2.29. The standard InChI is InChI=1S/C27H31NO/c1-3-22(2)19-26(29)27(25-17-11-6-12-18-25)28(20-23-13-7-4-8-14-23)21-24-15-9-5-10-16-24/h4-18,22,27H,3,19-21H2,1-2H3. The van der Waals surface area contributed by atoms with Crippen LogP contribution in [0.15, 0.2) is 91.0 Å². The molecular formula is C27H31NO. The minimum Gasteiger partial charge on any atom is -0.298 e. The van der Waals surface area contributed by atoms with E-state index in [0.29, 0.717) is 18.1 Å². The first-order valence-corrected chi connectivity index (χ1v) is 10.6. The van der Waals surface area contributed by atoms with Crippen molar-refractivity contribution >= 4 is 5.78 Å². The summed E-state index contributed by atoms with van der Waals surface area (Å²) in [6.07, 6.45) is 1.63. The Morgan fingerprint density at radius 1 is 0.759 bits per heavy atom. The molecule has 29 heavy (non-hydrogen) atoms. The number of nitrogens with zero attached hydrogens (tertiary/aromatic N) is 1. The van der Waals surface area contributed by atoms with Crippen LogP contribution in [0, 0.1) is 5.92 Å². The van der Waals surface area contributed by atoms with Crippen LogP contribution >= 0.6 is 0 Å². The van der Waals surface area contributed by atoms with E-state index in [1.807, 2.05) is 30.3 Å². The molecule has 2 unspecified atom stereocenters. The first-order valence-electron chi connectivity index (χ1n) is 10.6. The van der Waals surface area contributed by atoms with E-state index in [0.717, 1.165) is 25.1 Å². The first-order chi connectivity index (χ1) is 14.2. The molecule has 0 aromatic heterocycles. The van der Waals surface area contributed by atoms with Gasteiger partial charge in [-0.3, -0.25) is 9.69 Å². The highest BCUT2D eigenvalue weighted by molar-refractivity contribution is 5.85. The van der Waals surface area contributed by atoms with Crippen molar-refractivity contribution in [1.82, 2.24) is 4.90 Å². The maximum Gasteiger partial charge on any atom is 0.154 e.